The number of hydrogen-bond acceptors (Lipinski definition) is 2. The van der Waals surface area contributed by atoms with E-state index in [1.165, 1.54) is 32.1 Å². The molecule has 2 amide bonds. The van der Waals surface area contributed by atoms with Gasteiger partial charge in [-0.25, -0.2) is 4.79 Å². The number of benzene rings is 1. The predicted octanol–water partition coefficient (Wildman–Crippen LogP) is 3.31. The van der Waals surface area contributed by atoms with Crippen LogP contribution < -0.4 is 16.0 Å². The molecule has 0 spiro atoms. The Hall–Kier alpha value is -2.24. The lowest BCUT2D eigenvalue weighted by molar-refractivity contribution is 0.222. The molecule has 1 aromatic carbocycles. The second kappa shape index (κ2) is 9.46. The van der Waals surface area contributed by atoms with Crippen molar-refractivity contribution in [3.63, 3.8) is 0 Å². The first-order valence-corrected chi connectivity index (χ1v) is 9.86. The molecule has 2 fully saturated rings. The van der Waals surface area contributed by atoms with Gasteiger partial charge in [-0.1, -0.05) is 31.4 Å². The van der Waals surface area contributed by atoms with Crippen LogP contribution in [0.4, 0.5) is 10.5 Å². The summed E-state index contributed by atoms with van der Waals surface area (Å²) in [5, 5.41) is 9.91. The minimum atomic E-state index is 0.00221. The molecule has 6 nitrogen and oxygen atoms in total. The zero-order valence-electron chi connectivity index (χ0n) is 15.8. The normalized spacial score (nSPS) is 18.7. The van der Waals surface area contributed by atoms with Crippen molar-refractivity contribution in [2.75, 3.05) is 25.5 Å². The third-order valence-electron chi connectivity index (χ3n) is 5.20. The Kier molecular flexibility index (Phi) is 6.75. The number of amides is 2. The maximum atomic E-state index is 12.2. The molecule has 142 valence electrons. The van der Waals surface area contributed by atoms with E-state index in [-0.39, 0.29) is 6.03 Å². The molecule has 3 rings (SSSR count). The Morgan fingerprint density at radius 3 is 2.65 bits per heavy atom. The van der Waals surface area contributed by atoms with Crippen LogP contribution in [-0.2, 0) is 6.54 Å². The standard InChI is InChI=1S/C20H31N5O/c1-21-19(23-17-9-3-2-4-10-17)22-15-16-8-7-11-18(14-16)24-20(26)25-12-5-6-13-25/h7-8,11,14,17H,2-6,9-10,12-13,15H2,1H3,(H,24,26)(H2,21,22,23). The molecule has 0 aromatic heterocycles. The van der Waals surface area contributed by atoms with Gasteiger partial charge in [-0.15, -0.1) is 0 Å². The van der Waals surface area contributed by atoms with Crippen LogP contribution in [0.3, 0.4) is 0 Å². The molecule has 0 atom stereocenters. The van der Waals surface area contributed by atoms with Crippen LogP contribution in [0.5, 0.6) is 0 Å². The van der Waals surface area contributed by atoms with Gasteiger partial charge in [-0.3, -0.25) is 4.99 Å². The molecule has 0 radical (unpaired) electrons. The summed E-state index contributed by atoms with van der Waals surface area (Å²) in [6, 6.07) is 8.53. The number of likely N-dealkylation sites (tertiary alicyclic amines) is 1. The van der Waals surface area contributed by atoms with E-state index >= 15 is 0 Å². The van der Waals surface area contributed by atoms with E-state index in [1.54, 1.807) is 0 Å². The molecule has 1 aliphatic heterocycles. The highest BCUT2D eigenvalue weighted by atomic mass is 16.2. The van der Waals surface area contributed by atoms with Gasteiger partial charge in [0, 0.05) is 38.4 Å². The van der Waals surface area contributed by atoms with Crippen molar-refractivity contribution in [3.8, 4) is 0 Å². The van der Waals surface area contributed by atoms with Gasteiger partial charge in [0.25, 0.3) is 0 Å². The maximum absolute atomic E-state index is 12.2. The summed E-state index contributed by atoms with van der Waals surface area (Å²) < 4.78 is 0. The van der Waals surface area contributed by atoms with Crippen LogP contribution in [0.1, 0.15) is 50.5 Å². The molecule has 26 heavy (non-hydrogen) atoms. The molecule has 3 N–H and O–H groups in total. The summed E-state index contributed by atoms with van der Waals surface area (Å²) in [7, 11) is 1.81. The Balaban J connectivity index is 1.50. The molecule has 1 aromatic rings. The van der Waals surface area contributed by atoms with E-state index < -0.39 is 0 Å². The first-order valence-electron chi connectivity index (χ1n) is 9.86. The van der Waals surface area contributed by atoms with Gasteiger partial charge >= 0.3 is 6.03 Å². The average molecular weight is 358 g/mol. The lowest BCUT2D eigenvalue weighted by Gasteiger charge is -2.25. The van der Waals surface area contributed by atoms with Crippen molar-refractivity contribution in [1.29, 1.82) is 0 Å². The van der Waals surface area contributed by atoms with Gasteiger partial charge in [0.15, 0.2) is 5.96 Å². The van der Waals surface area contributed by atoms with E-state index in [4.69, 9.17) is 0 Å². The third-order valence-corrected chi connectivity index (χ3v) is 5.20. The first kappa shape index (κ1) is 18.5. The van der Waals surface area contributed by atoms with Crippen molar-refractivity contribution < 1.29 is 4.79 Å². The molecular weight excluding hydrogens is 326 g/mol. The van der Waals surface area contributed by atoms with Gasteiger partial charge in [0.05, 0.1) is 0 Å². The molecular formula is C20H31N5O. The van der Waals surface area contributed by atoms with Crippen LogP contribution in [-0.4, -0.2) is 43.1 Å². The zero-order chi connectivity index (χ0) is 18.2. The summed E-state index contributed by atoms with van der Waals surface area (Å²) in [4.78, 5) is 18.4. The summed E-state index contributed by atoms with van der Waals surface area (Å²) >= 11 is 0. The largest absolute Gasteiger partial charge is 0.354 e. The van der Waals surface area contributed by atoms with Gasteiger partial charge < -0.3 is 20.9 Å². The van der Waals surface area contributed by atoms with Crippen LogP contribution >= 0.6 is 0 Å². The maximum Gasteiger partial charge on any atom is 0.321 e. The molecule has 1 saturated carbocycles. The number of carbonyl (C=O) groups excluding carboxylic acids is 1. The molecule has 2 aliphatic rings. The predicted molar refractivity (Wildman–Crippen MR) is 106 cm³/mol. The quantitative estimate of drug-likeness (QED) is 0.572. The SMILES string of the molecule is CN=C(NCc1cccc(NC(=O)N2CCCC2)c1)NC1CCCCC1. The van der Waals surface area contributed by atoms with Crippen LogP contribution in [0, 0.1) is 0 Å². The van der Waals surface area contributed by atoms with Crippen molar-refractivity contribution >= 4 is 17.7 Å². The summed E-state index contributed by atoms with van der Waals surface area (Å²) in [6.45, 7) is 2.40. The fourth-order valence-corrected chi connectivity index (χ4v) is 3.70. The van der Waals surface area contributed by atoms with Gasteiger partial charge in [-0.2, -0.15) is 0 Å². The van der Waals surface area contributed by atoms with Crippen molar-refractivity contribution in [2.24, 2.45) is 4.99 Å². The minimum Gasteiger partial charge on any atom is -0.354 e. The minimum absolute atomic E-state index is 0.00221. The highest BCUT2D eigenvalue weighted by Crippen LogP contribution is 2.17. The number of hydrogen-bond donors (Lipinski definition) is 3. The Bertz CT molecular complexity index is 618. The Labute approximate surface area is 156 Å². The fourth-order valence-electron chi connectivity index (χ4n) is 3.70. The van der Waals surface area contributed by atoms with Crippen molar-refractivity contribution in [2.45, 2.75) is 57.5 Å². The van der Waals surface area contributed by atoms with Crippen LogP contribution in [0.25, 0.3) is 0 Å². The fraction of sp³-hybridized carbons (Fsp3) is 0.600. The number of guanidine groups is 1. The number of carbonyl (C=O) groups is 1. The van der Waals surface area contributed by atoms with Crippen LogP contribution in [0.2, 0.25) is 0 Å². The zero-order valence-corrected chi connectivity index (χ0v) is 15.8. The smallest absolute Gasteiger partial charge is 0.321 e. The molecule has 6 heteroatoms. The summed E-state index contributed by atoms with van der Waals surface area (Å²) in [5.41, 5.74) is 1.97. The molecule has 0 bridgehead atoms. The second-order valence-corrected chi connectivity index (χ2v) is 7.23. The first-order chi connectivity index (χ1) is 12.7. The third kappa shape index (κ3) is 5.38. The highest BCUT2D eigenvalue weighted by Gasteiger charge is 2.18. The molecule has 1 heterocycles. The summed E-state index contributed by atoms with van der Waals surface area (Å²) in [6.07, 6.45) is 8.59. The highest BCUT2D eigenvalue weighted by molar-refractivity contribution is 5.89. The van der Waals surface area contributed by atoms with Gasteiger partial charge in [0.1, 0.15) is 0 Å². The Morgan fingerprint density at radius 1 is 1.15 bits per heavy atom. The molecule has 0 unspecified atom stereocenters. The van der Waals surface area contributed by atoms with Gasteiger partial charge in [-0.05, 0) is 43.4 Å². The lowest BCUT2D eigenvalue weighted by atomic mass is 9.96. The number of urea groups is 1. The number of anilines is 1. The Morgan fingerprint density at radius 2 is 1.92 bits per heavy atom. The second-order valence-electron chi connectivity index (χ2n) is 7.23. The monoisotopic (exact) mass is 357 g/mol. The lowest BCUT2D eigenvalue weighted by Crippen LogP contribution is -2.43. The molecule has 1 aliphatic carbocycles. The van der Waals surface area contributed by atoms with E-state index in [9.17, 15) is 4.79 Å². The number of rotatable bonds is 4. The number of nitrogens with one attached hydrogen (secondary N) is 3. The number of aliphatic imine (C=N–C) groups is 1. The van der Waals surface area contributed by atoms with E-state index in [0.29, 0.717) is 12.6 Å². The topological polar surface area (TPSA) is 68.8 Å². The van der Waals surface area contributed by atoms with Crippen LogP contribution in [0.15, 0.2) is 29.3 Å². The van der Waals surface area contributed by atoms with Gasteiger partial charge in [0.2, 0.25) is 0 Å². The number of nitrogens with zero attached hydrogens (tertiary/aromatic N) is 2. The average Bonchev–Trinajstić information content (AvgIpc) is 3.21. The van der Waals surface area contributed by atoms with Crippen molar-refractivity contribution in [3.05, 3.63) is 29.8 Å². The van der Waals surface area contributed by atoms with Crippen molar-refractivity contribution in [1.82, 2.24) is 15.5 Å². The summed E-state index contributed by atoms with van der Waals surface area (Å²) in [5.74, 6) is 0.850. The van der Waals surface area contributed by atoms with E-state index in [2.05, 4.69) is 27.0 Å². The molecule has 1 saturated heterocycles. The van der Waals surface area contributed by atoms with E-state index in [0.717, 1.165) is 43.1 Å². The van der Waals surface area contributed by atoms with E-state index in [1.807, 2.05) is 30.1 Å².